The van der Waals surface area contributed by atoms with E-state index in [4.69, 9.17) is 0 Å². The van der Waals surface area contributed by atoms with Crippen LogP contribution >= 0.6 is 0 Å². The van der Waals surface area contributed by atoms with Gasteiger partial charge in [-0.15, -0.1) is 0 Å². The highest BCUT2D eigenvalue weighted by molar-refractivity contribution is 5.55. The molecule has 0 radical (unpaired) electrons. The van der Waals surface area contributed by atoms with Crippen molar-refractivity contribution in [2.45, 2.75) is 39.2 Å². The van der Waals surface area contributed by atoms with Gasteiger partial charge in [-0.1, -0.05) is 32.0 Å². The van der Waals surface area contributed by atoms with Gasteiger partial charge in [0.05, 0.1) is 0 Å². The number of rotatable bonds is 6. The van der Waals surface area contributed by atoms with Gasteiger partial charge >= 0.3 is 0 Å². The minimum atomic E-state index is 0.309. The molecule has 0 aromatic heterocycles. The molecule has 3 heteroatoms. The molecule has 1 fully saturated rings. The lowest BCUT2D eigenvalue weighted by atomic mass is 9.95. The van der Waals surface area contributed by atoms with E-state index >= 15 is 0 Å². The normalized spacial score (nSPS) is 20.9. The Hall–Kier alpha value is -1.06. The van der Waals surface area contributed by atoms with Crippen molar-refractivity contribution in [1.82, 2.24) is 5.32 Å². The van der Waals surface area contributed by atoms with Crippen LogP contribution in [-0.2, 0) is 0 Å². The Morgan fingerprint density at radius 3 is 2.85 bits per heavy atom. The summed E-state index contributed by atoms with van der Waals surface area (Å²) in [4.78, 5) is 2.46. The molecule has 3 nitrogen and oxygen atoms in total. The molecule has 2 N–H and O–H groups in total. The lowest BCUT2D eigenvalue weighted by Gasteiger charge is -2.36. The monoisotopic (exact) mass is 276 g/mol. The molecule has 1 saturated heterocycles. The number of piperidine rings is 1. The van der Waals surface area contributed by atoms with E-state index in [2.05, 4.69) is 48.3 Å². The molecule has 1 aromatic rings. The summed E-state index contributed by atoms with van der Waals surface area (Å²) in [5, 5.41) is 13.0. The van der Waals surface area contributed by atoms with Gasteiger partial charge in [-0.3, -0.25) is 0 Å². The molecule has 0 saturated carbocycles. The van der Waals surface area contributed by atoms with Crippen LogP contribution in [0.15, 0.2) is 24.3 Å². The van der Waals surface area contributed by atoms with Crippen molar-refractivity contribution in [3.8, 4) is 0 Å². The van der Waals surface area contributed by atoms with Crippen LogP contribution in [-0.4, -0.2) is 31.3 Å². The van der Waals surface area contributed by atoms with E-state index in [1.807, 2.05) is 0 Å². The van der Waals surface area contributed by atoms with E-state index in [-0.39, 0.29) is 0 Å². The maximum atomic E-state index is 9.43. The number of aliphatic hydroxyl groups is 1. The highest BCUT2D eigenvalue weighted by Gasteiger charge is 2.22. The molecule has 1 aliphatic rings. The summed E-state index contributed by atoms with van der Waals surface area (Å²) in [5.41, 5.74) is 2.74. The van der Waals surface area contributed by atoms with Crippen molar-refractivity contribution < 1.29 is 5.11 Å². The van der Waals surface area contributed by atoms with Crippen molar-refractivity contribution in [2.24, 2.45) is 5.92 Å². The molecule has 2 atom stereocenters. The highest BCUT2D eigenvalue weighted by Crippen LogP contribution is 2.31. The van der Waals surface area contributed by atoms with Crippen molar-refractivity contribution >= 4 is 5.69 Å². The number of para-hydroxylation sites is 1. The smallest absolute Gasteiger partial charge is 0.0476 e. The molecular weight excluding hydrogens is 248 g/mol. The van der Waals surface area contributed by atoms with Gasteiger partial charge in [0.1, 0.15) is 0 Å². The van der Waals surface area contributed by atoms with E-state index in [0.717, 1.165) is 32.5 Å². The summed E-state index contributed by atoms with van der Waals surface area (Å²) in [6.45, 7) is 7.78. The summed E-state index contributed by atoms with van der Waals surface area (Å²) in [7, 11) is 0. The first-order chi connectivity index (χ1) is 9.80. The second kappa shape index (κ2) is 7.65. The van der Waals surface area contributed by atoms with Gasteiger partial charge in [-0.25, -0.2) is 0 Å². The van der Waals surface area contributed by atoms with Gasteiger partial charge in [0, 0.05) is 31.4 Å². The van der Waals surface area contributed by atoms with Crippen LogP contribution in [0.3, 0.4) is 0 Å². The van der Waals surface area contributed by atoms with E-state index in [1.165, 1.54) is 17.7 Å². The molecule has 2 unspecified atom stereocenters. The van der Waals surface area contributed by atoms with Crippen molar-refractivity contribution in [2.75, 3.05) is 31.1 Å². The van der Waals surface area contributed by atoms with Crippen LogP contribution in [0.5, 0.6) is 0 Å². The lowest BCUT2D eigenvalue weighted by Crippen LogP contribution is -2.38. The van der Waals surface area contributed by atoms with Crippen LogP contribution in [0.4, 0.5) is 5.69 Å². The number of nitrogens with zero attached hydrogens (tertiary/aromatic N) is 1. The number of hydrogen-bond donors (Lipinski definition) is 2. The molecule has 0 amide bonds. The Kier molecular flexibility index (Phi) is 5.86. The Bertz CT molecular complexity index is 408. The first-order valence-corrected chi connectivity index (χ1v) is 7.98. The lowest BCUT2D eigenvalue weighted by molar-refractivity contribution is 0.208. The minimum absolute atomic E-state index is 0.309. The number of hydrogen-bond acceptors (Lipinski definition) is 3. The van der Waals surface area contributed by atoms with Crippen molar-refractivity contribution in [1.29, 1.82) is 0 Å². The van der Waals surface area contributed by atoms with Crippen LogP contribution in [0, 0.1) is 5.92 Å². The van der Waals surface area contributed by atoms with Gasteiger partial charge in [0.25, 0.3) is 0 Å². The minimum Gasteiger partial charge on any atom is -0.396 e. The zero-order valence-electron chi connectivity index (χ0n) is 12.8. The molecule has 2 rings (SSSR count). The third kappa shape index (κ3) is 3.53. The first-order valence-electron chi connectivity index (χ1n) is 7.98. The number of anilines is 1. The summed E-state index contributed by atoms with van der Waals surface area (Å²) in [6.07, 6.45) is 3.43. The fraction of sp³-hybridized carbons (Fsp3) is 0.647. The topological polar surface area (TPSA) is 35.5 Å². The summed E-state index contributed by atoms with van der Waals surface area (Å²) in [6, 6.07) is 9.15. The third-order valence-electron chi connectivity index (χ3n) is 4.29. The number of aliphatic hydroxyl groups excluding tert-OH is 1. The largest absolute Gasteiger partial charge is 0.396 e. The average molecular weight is 276 g/mol. The Morgan fingerprint density at radius 1 is 1.35 bits per heavy atom. The van der Waals surface area contributed by atoms with Gasteiger partial charge in [0.15, 0.2) is 0 Å². The Labute approximate surface area is 123 Å². The van der Waals surface area contributed by atoms with E-state index in [1.54, 1.807) is 0 Å². The van der Waals surface area contributed by atoms with Crippen LogP contribution in [0.1, 0.15) is 44.7 Å². The molecule has 20 heavy (non-hydrogen) atoms. The Morgan fingerprint density at radius 2 is 2.15 bits per heavy atom. The van der Waals surface area contributed by atoms with E-state index in [9.17, 15) is 5.11 Å². The average Bonchev–Trinajstić information content (AvgIpc) is 2.52. The summed E-state index contributed by atoms with van der Waals surface area (Å²) in [5.74, 6) is 0.427. The van der Waals surface area contributed by atoms with Crippen LogP contribution in [0.2, 0.25) is 0 Å². The molecular formula is C17H28N2O. The van der Waals surface area contributed by atoms with Crippen LogP contribution in [0.25, 0.3) is 0 Å². The summed E-state index contributed by atoms with van der Waals surface area (Å²) < 4.78 is 0. The maximum Gasteiger partial charge on any atom is 0.0476 e. The molecule has 1 aromatic carbocycles. The second-order valence-electron chi connectivity index (χ2n) is 5.71. The quantitative estimate of drug-likeness (QED) is 0.838. The molecule has 112 valence electrons. The molecule has 1 heterocycles. The predicted molar refractivity (Wildman–Crippen MR) is 85.2 cm³/mol. The molecule has 0 aliphatic carbocycles. The highest BCUT2D eigenvalue weighted by atomic mass is 16.3. The summed E-state index contributed by atoms with van der Waals surface area (Å²) >= 11 is 0. The van der Waals surface area contributed by atoms with Crippen molar-refractivity contribution in [3.05, 3.63) is 29.8 Å². The maximum absolute atomic E-state index is 9.43. The van der Waals surface area contributed by atoms with Gasteiger partial charge in [-0.2, -0.15) is 0 Å². The molecule has 1 aliphatic heterocycles. The van der Waals surface area contributed by atoms with Crippen molar-refractivity contribution in [3.63, 3.8) is 0 Å². The predicted octanol–water partition coefficient (Wildman–Crippen LogP) is 2.96. The van der Waals surface area contributed by atoms with Gasteiger partial charge < -0.3 is 15.3 Å². The first kappa shape index (κ1) is 15.3. The number of nitrogens with one attached hydrogen (secondary N) is 1. The second-order valence-corrected chi connectivity index (χ2v) is 5.71. The zero-order valence-corrected chi connectivity index (χ0v) is 12.8. The SMILES string of the molecule is CCNC(CC)c1ccccc1N1CCCC(CO)C1. The van der Waals surface area contributed by atoms with E-state index < -0.39 is 0 Å². The third-order valence-corrected chi connectivity index (χ3v) is 4.29. The fourth-order valence-corrected chi connectivity index (χ4v) is 3.22. The Balaban J connectivity index is 2.22. The standard InChI is InChI=1S/C17H28N2O/c1-3-16(18-4-2)15-9-5-6-10-17(15)19-11-7-8-14(12-19)13-20/h5-6,9-10,14,16,18,20H,3-4,7-8,11-13H2,1-2H3. The van der Waals surface area contributed by atoms with E-state index in [0.29, 0.717) is 18.6 Å². The van der Waals surface area contributed by atoms with Gasteiger partial charge in [0.2, 0.25) is 0 Å². The number of benzene rings is 1. The van der Waals surface area contributed by atoms with Crippen LogP contribution < -0.4 is 10.2 Å². The van der Waals surface area contributed by atoms with Gasteiger partial charge in [-0.05, 0) is 43.4 Å². The fourth-order valence-electron chi connectivity index (χ4n) is 3.22. The zero-order chi connectivity index (χ0) is 14.4. The molecule has 0 spiro atoms. The molecule has 0 bridgehead atoms.